The minimum absolute atomic E-state index is 0.0558. The Kier molecular flexibility index (Phi) is 6.03. The molecule has 0 radical (unpaired) electrons. The SMILES string of the molecule is COc1cc(C=C(C#N)C#N)ccc1OC(=O)c1ccc(Cl)cc1Cl. The predicted molar refractivity (Wildman–Crippen MR) is 93.6 cm³/mol. The number of carbonyl (C=O) groups is 1. The second-order valence-corrected chi connectivity index (χ2v) is 5.55. The van der Waals surface area contributed by atoms with E-state index in [1.54, 1.807) is 24.3 Å². The van der Waals surface area contributed by atoms with Gasteiger partial charge in [-0.1, -0.05) is 29.3 Å². The number of ether oxygens (including phenoxy) is 2. The van der Waals surface area contributed by atoms with E-state index in [-0.39, 0.29) is 27.7 Å². The molecule has 0 spiro atoms. The lowest BCUT2D eigenvalue weighted by molar-refractivity contribution is 0.0730. The van der Waals surface area contributed by atoms with Crippen LogP contribution >= 0.6 is 23.2 Å². The molecule has 0 unspecified atom stereocenters. The molecule has 0 fully saturated rings. The van der Waals surface area contributed by atoms with Gasteiger partial charge >= 0.3 is 5.97 Å². The Labute approximate surface area is 154 Å². The number of halogens is 2. The van der Waals surface area contributed by atoms with Gasteiger partial charge in [0.25, 0.3) is 0 Å². The molecular weight excluding hydrogens is 363 g/mol. The smallest absolute Gasteiger partial charge is 0.345 e. The van der Waals surface area contributed by atoms with Crippen LogP contribution in [0.3, 0.4) is 0 Å². The van der Waals surface area contributed by atoms with Crippen molar-refractivity contribution in [1.82, 2.24) is 0 Å². The average molecular weight is 373 g/mol. The molecule has 0 atom stereocenters. The third-order valence-corrected chi connectivity index (χ3v) is 3.64. The van der Waals surface area contributed by atoms with Crippen LogP contribution < -0.4 is 9.47 Å². The van der Waals surface area contributed by atoms with Crippen molar-refractivity contribution in [3.05, 3.63) is 63.1 Å². The van der Waals surface area contributed by atoms with Gasteiger partial charge in [0.2, 0.25) is 0 Å². The second-order valence-electron chi connectivity index (χ2n) is 4.71. The van der Waals surface area contributed by atoms with Crippen molar-refractivity contribution in [2.75, 3.05) is 7.11 Å². The topological polar surface area (TPSA) is 83.1 Å². The van der Waals surface area contributed by atoms with Crippen LogP contribution in [0.2, 0.25) is 10.0 Å². The zero-order valence-corrected chi connectivity index (χ0v) is 14.4. The minimum atomic E-state index is -0.669. The van der Waals surface area contributed by atoms with Gasteiger partial charge < -0.3 is 9.47 Å². The zero-order chi connectivity index (χ0) is 18.4. The summed E-state index contributed by atoms with van der Waals surface area (Å²) in [7, 11) is 1.41. The van der Waals surface area contributed by atoms with E-state index >= 15 is 0 Å². The summed E-state index contributed by atoms with van der Waals surface area (Å²) in [5.41, 5.74) is 0.660. The quantitative estimate of drug-likeness (QED) is 0.443. The molecule has 5 nitrogen and oxygen atoms in total. The maximum Gasteiger partial charge on any atom is 0.345 e. The lowest BCUT2D eigenvalue weighted by atomic mass is 10.1. The van der Waals surface area contributed by atoms with Gasteiger partial charge in [0.15, 0.2) is 11.5 Å². The number of hydrogen-bond acceptors (Lipinski definition) is 5. The van der Waals surface area contributed by atoms with Gasteiger partial charge in [-0.05, 0) is 42.0 Å². The van der Waals surface area contributed by atoms with Crippen LogP contribution in [-0.2, 0) is 0 Å². The number of nitrogens with zero attached hydrogens (tertiary/aromatic N) is 2. The molecule has 124 valence electrons. The molecule has 0 aliphatic heterocycles. The van der Waals surface area contributed by atoms with Gasteiger partial charge in [0, 0.05) is 5.02 Å². The third-order valence-electron chi connectivity index (χ3n) is 3.09. The Hall–Kier alpha value is -2.99. The molecule has 25 heavy (non-hydrogen) atoms. The summed E-state index contributed by atoms with van der Waals surface area (Å²) in [6, 6.07) is 12.6. The predicted octanol–water partition coefficient (Wildman–Crippen LogP) is 4.65. The Bertz CT molecular complexity index is 924. The van der Waals surface area contributed by atoms with Crippen LogP contribution in [0.5, 0.6) is 11.5 Å². The monoisotopic (exact) mass is 372 g/mol. The summed E-state index contributed by atoms with van der Waals surface area (Å²) in [5.74, 6) is -0.230. The van der Waals surface area contributed by atoms with Crippen molar-refractivity contribution in [3.63, 3.8) is 0 Å². The van der Waals surface area contributed by atoms with Gasteiger partial charge in [-0.2, -0.15) is 10.5 Å². The molecule has 0 N–H and O–H groups in total. The summed E-state index contributed by atoms with van der Waals surface area (Å²) >= 11 is 11.8. The van der Waals surface area contributed by atoms with Crippen LogP contribution in [0, 0.1) is 22.7 Å². The van der Waals surface area contributed by atoms with E-state index in [4.69, 9.17) is 43.2 Å². The van der Waals surface area contributed by atoms with E-state index in [1.807, 2.05) is 0 Å². The van der Waals surface area contributed by atoms with Gasteiger partial charge in [-0.3, -0.25) is 0 Å². The largest absolute Gasteiger partial charge is 0.493 e. The number of allylic oxidation sites excluding steroid dienone is 1. The molecule has 0 aliphatic rings. The fourth-order valence-electron chi connectivity index (χ4n) is 1.92. The molecule has 7 heteroatoms. The Morgan fingerprint density at radius 2 is 1.80 bits per heavy atom. The maximum atomic E-state index is 12.3. The van der Waals surface area contributed by atoms with Gasteiger partial charge in [0.05, 0.1) is 17.7 Å². The van der Waals surface area contributed by atoms with Crippen LogP contribution in [0.1, 0.15) is 15.9 Å². The van der Waals surface area contributed by atoms with E-state index < -0.39 is 5.97 Å². The van der Waals surface area contributed by atoms with E-state index in [1.165, 1.54) is 37.5 Å². The van der Waals surface area contributed by atoms with Crippen LogP contribution in [0.25, 0.3) is 6.08 Å². The molecular formula is C18H10Cl2N2O3. The first-order chi connectivity index (χ1) is 12.0. The van der Waals surface area contributed by atoms with E-state index in [0.717, 1.165) is 0 Å². The minimum Gasteiger partial charge on any atom is -0.493 e. The summed E-state index contributed by atoms with van der Waals surface area (Å²) in [5, 5.41) is 18.2. The molecule has 2 aromatic rings. The molecule has 0 aliphatic carbocycles. The fourth-order valence-corrected chi connectivity index (χ4v) is 2.41. The molecule has 0 heterocycles. The molecule has 0 amide bonds. The number of carbonyl (C=O) groups excluding carboxylic acids is 1. The first-order valence-electron chi connectivity index (χ1n) is 6.85. The summed E-state index contributed by atoms with van der Waals surface area (Å²) < 4.78 is 10.5. The van der Waals surface area contributed by atoms with Crippen LogP contribution in [-0.4, -0.2) is 13.1 Å². The number of rotatable bonds is 4. The number of methoxy groups -OCH3 is 1. The highest BCUT2D eigenvalue weighted by Gasteiger charge is 2.16. The third kappa shape index (κ3) is 4.51. The first-order valence-corrected chi connectivity index (χ1v) is 7.61. The average Bonchev–Trinajstić information content (AvgIpc) is 2.60. The number of nitriles is 2. The van der Waals surface area contributed by atoms with Gasteiger partial charge in [-0.25, -0.2) is 4.79 Å². The van der Waals surface area contributed by atoms with Crippen LogP contribution in [0.4, 0.5) is 0 Å². The van der Waals surface area contributed by atoms with Crippen LogP contribution in [0.15, 0.2) is 42.0 Å². The number of esters is 1. The van der Waals surface area contributed by atoms with E-state index in [2.05, 4.69) is 0 Å². The normalized spacial score (nSPS) is 9.48. The van der Waals surface area contributed by atoms with E-state index in [9.17, 15) is 4.79 Å². The van der Waals surface area contributed by atoms with E-state index in [0.29, 0.717) is 10.6 Å². The maximum absolute atomic E-state index is 12.3. The Morgan fingerprint density at radius 3 is 2.40 bits per heavy atom. The molecule has 0 aromatic heterocycles. The lowest BCUT2D eigenvalue weighted by Gasteiger charge is -2.11. The highest BCUT2D eigenvalue weighted by molar-refractivity contribution is 6.36. The highest BCUT2D eigenvalue weighted by atomic mass is 35.5. The Balaban J connectivity index is 2.31. The summed E-state index contributed by atoms with van der Waals surface area (Å²) in [4.78, 5) is 12.3. The van der Waals surface area contributed by atoms with Crippen molar-refractivity contribution in [3.8, 4) is 23.6 Å². The highest BCUT2D eigenvalue weighted by Crippen LogP contribution is 2.30. The Morgan fingerprint density at radius 1 is 1.08 bits per heavy atom. The molecule has 0 bridgehead atoms. The second kappa shape index (κ2) is 8.21. The number of benzene rings is 2. The van der Waals surface area contributed by atoms with Crippen molar-refractivity contribution >= 4 is 35.2 Å². The number of hydrogen-bond donors (Lipinski definition) is 0. The van der Waals surface area contributed by atoms with Crippen molar-refractivity contribution in [2.45, 2.75) is 0 Å². The van der Waals surface area contributed by atoms with Crippen molar-refractivity contribution in [1.29, 1.82) is 10.5 Å². The van der Waals surface area contributed by atoms with Gasteiger partial charge in [0.1, 0.15) is 17.7 Å². The van der Waals surface area contributed by atoms with Crippen molar-refractivity contribution in [2.24, 2.45) is 0 Å². The van der Waals surface area contributed by atoms with Gasteiger partial charge in [-0.15, -0.1) is 0 Å². The fraction of sp³-hybridized carbons (Fsp3) is 0.0556. The lowest BCUT2D eigenvalue weighted by Crippen LogP contribution is -2.10. The standard InChI is InChI=1S/C18H10Cl2N2O3/c1-24-17-7-11(6-12(9-21)10-22)2-5-16(17)25-18(23)14-4-3-13(19)8-15(14)20/h2-8H,1H3. The zero-order valence-electron chi connectivity index (χ0n) is 12.9. The summed E-state index contributed by atoms with van der Waals surface area (Å²) in [6.45, 7) is 0. The first kappa shape index (κ1) is 18.4. The molecule has 2 rings (SSSR count). The summed E-state index contributed by atoms with van der Waals surface area (Å²) in [6.07, 6.45) is 1.39. The van der Waals surface area contributed by atoms with Crippen molar-refractivity contribution < 1.29 is 14.3 Å². The molecule has 0 saturated carbocycles. The molecule has 2 aromatic carbocycles. The molecule has 0 saturated heterocycles.